The average molecular weight is 252 g/mol. The minimum absolute atomic E-state index is 0.0446. The average Bonchev–Trinajstić information content (AvgIpc) is 2.87. The van der Waals surface area contributed by atoms with Crippen LogP contribution in [0, 0.1) is 17.8 Å². The Labute approximate surface area is 110 Å². The summed E-state index contributed by atoms with van der Waals surface area (Å²) in [5, 5.41) is 0. The van der Waals surface area contributed by atoms with Crippen LogP contribution in [0.1, 0.15) is 40.5 Å². The van der Waals surface area contributed by atoms with Crippen LogP contribution in [0.15, 0.2) is 12.2 Å². The molecular formula is C15H24O3. The second-order valence-electron chi connectivity index (χ2n) is 6.56. The molecule has 2 bridgehead atoms. The van der Waals surface area contributed by atoms with Gasteiger partial charge in [-0.25, -0.2) is 0 Å². The fourth-order valence-corrected chi connectivity index (χ4v) is 2.74. The number of carbonyl (C=O) groups excluding carboxylic acids is 1. The van der Waals surface area contributed by atoms with Gasteiger partial charge in [0.1, 0.15) is 6.10 Å². The highest BCUT2D eigenvalue weighted by molar-refractivity contribution is 5.74. The number of hydrogen-bond acceptors (Lipinski definition) is 3. The second-order valence-corrected chi connectivity index (χ2v) is 6.56. The Balaban J connectivity index is 1.76. The standard InChI is InChI=1S/C15H24O3/c1-10(9-17-15(2,3)4)18-14(16)13-8-11-5-6-12(13)7-11/h5-6,10-13H,7-9H2,1-4H3/t10?,11?,12?,13-/m0/s1. The third-order valence-corrected chi connectivity index (χ3v) is 3.65. The van der Waals surface area contributed by atoms with Crippen molar-refractivity contribution < 1.29 is 14.3 Å². The Morgan fingerprint density at radius 2 is 2.06 bits per heavy atom. The first-order chi connectivity index (χ1) is 8.35. The van der Waals surface area contributed by atoms with Gasteiger partial charge in [-0.1, -0.05) is 12.2 Å². The molecule has 2 aliphatic rings. The molecule has 0 aliphatic heterocycles. The summed E-state index contributed by atoms with van der Waals surface area (Å²) in [4.78, 5) is 12.1. The molecule has 3 heteroatoms. The summed E-state index contributed by atoms with van der Waals surface area (Å²) in [5.41, 5.74) is -0.185. The van der Waals surface area contributed by atoms with Crippen LogP contribution in [0.5, 0.6) is 0 Å². The maximum Gasteiger partial charge on any atom is 0.309 e. The van der Waals surface area contributed by atoms with E-state index in [1.54, 1.807) is 0 Å². The van der Waals surface area contributed by atoms with Crippen LogP contribution < -0.4 is 0 Å². The van der Waals surface area contributed by atoms with E-state index in [1.807, 2.05) is 27.7 Å². The first-order valence-corrected chi connectivity index (χ1v) is 6.88. The fraction of sp³-hybridized carbons (Fsp3) is 0.800. The van der Waals surface area contributed by atoms with E-state index in [0.717, 1.165) is 12.8 Å². The van der Waals surface area contributed by atoms with E-state index < -0.39 is 0 Å². The van der Waals surface area contributed by atoms with E-state index >= 15 is 0 Å². The maximum absolute atomic E-state index is 12.1. The highest BCUT2D eigenvalue weighted by Crippen LogP contribution is 2.43. The van der Waals surface area contributed by atoms with Crippen molar-refractivity contribution in [1.82, 2.24) is 0 Å². The number of rotatable bonds is 4. The van der Waals surface area contributed by atoms with Gasteiger partial charge in [-0.05, 0) is 52.4 Å². The van der Waals surface area contributed by atoms with Crippen LogP contribution in [0.3, 0.4) is 0 Å². The minimum atomic E-state index is -0.185. The van der Waals surface area contributed by atoms with Gasteiger partial charge in [0, 0.05) is 0 Å². The highest BCUT2D eigenvalue weighted by atomic mass is 16.6. The van der Waals surface area contributed by atoms with Crippen molar-refractivity contribution in [1.29, 1.82) is 0 Å². The van der Waals surface area contributed by atoms with E-state index in [4.69, 9.17) is 9.47 Å². The first kappa shape index (κ1) is 13.6. The van der Waals surface area contributed by atoms with E-state index in [9.17, 15) is 4.79 Å². The molecule has 18 heavy (non-hydrogen) atoms. The topological polar surface area (TPSA) is 35.5 Å². The molecule has 0 aromatic rings. The van der Waals surface area contributed by atoms with Gasteiger partial charge < -0.3 is 9.47 Å². The molecule has 0 aromatic carbocycles. The molecule has 0 saturated heterocycles. The van der Waals surface area contributed by atoms with Crippen LogP contribution in [0.4, 0.5) is 0 Å². The predicted molar refractivity (Wildman–Crippen MR) is 70.1 cm³/mol. The lowest BCUT2D eigenvalue weighted by Gasteiger charge is -2.24. The van der Waals surface area contributed by atoms with Crippen LogP contribution in [0.25, 0.3) is 0 Å². The monoisotopic (exact) mass is 252 g/mol. The third kappa shape index (κ3) is 3.35. The Bertz CT molecular complexity index is 340. The van der Waals surface area contributed by atoms with Crippen molar-refractivity contribution in [2.24, 2.45) is 17.8 Å². The smallest absolute Gasteiger partial charge is 0.309 e. The first-order valence-electron chi connectivity index (χ1n) is 6.88. The molecule has 0 radical (unpaired) electrons. The SMILES string of the molecule is CC(COC(C)(C)C)OC(=O)[C@H]1CC2C=CC1C2. The van der Waals surface area contributed by atoms with Crippen LogP contribution in [-0.2, 0) is 14.3 Å². The van der Waals surface area contributed by atoms with Gasteiger partial charge >= 0.3 is 5.97 Å². The summed E-state index contributed by atoms with van der Waals surface area (Å²) in [7, 11) is 0. The summed E-state index contributed by atoms with van der Waals surface area (Å²) in [6, 6.07) is 0. The quantitative estimate of drug-likeness (QED) is 0.570. The summed E-state index contributed by atoms with van der Waals surface area (Å²) < 4.78 is 11.1. The predicted octanol–water partition coefficient (Wildman–Crippen LogP) is 2.95. The molecule has 3 nitrogen and oxygen atoms in total. The van der Waals surface area contributed by atoms with Gasteiger partial charge in [-0.2, -0.15) is 0 Å². The molecular weight excluding hydrogens is 228 g/mol. The summed E-state index contributed by atoms with van der Waals surface area (Å²) in [5.74, 6) is 1.06. The molecule has 1 saturated carbocycles. The number of ether oxygens (including phenoxy) is 2. The van der Waals surface area contributed by atoms with Crippen LogP contribution in [0.2, 0.25) is 0 Å². The van der Waals surface area contributed by atoms with E-state index in [2.05, 4.69) is 12.2 Å². The summed E-state index contributed by atoms with van der Waals surface area (Å²) in [6.07, 6.45) is 6.34. The molecule has 0 N–H and O–H groups in total. The number of fused-ring (bicyclic) bond motifs is 2. The van der Waals surface area contributed by atoms with Crippen molar-refractivity contribution in [3.05, 3.63) is 12.2 Å². The summed E-state index contributed by atoms with van der Waals surface area (Å²) >= 11 is 0. The van der Waals surface area contributed by atoms with Gasteiger partial charge in [-0.3, -0.25) is 4.79 Å². The lowest BCUT2D eigenvalue weighted by atomic mass is 9.94. The number of hydrogen-bond donors (Lipinski definition) is 0. The van der Waals surface area contributed by atoms with Gasteiger partial charge in [0.05, 0.1) is 18.1 Å². The molecule has 2 rings (SSSR count). The molecule has 3 unspecified atom stereocenters. The highest BCUT2D eigenvalue weighted by Gasteiger charge is 2.41. The minimum Gasteiger partial charge on any atom is -0.460 e. The maximum atomic E-state index is 12.1. The molecule has 0 amide bonds. The second kappa shape index (κ2) is 5.04. The third-order valence-electron chi connectivity index (χ3n) is 3.65. The largest absolute Gasteiger partial charge is 0.460 e. The normalized spacial score (nSPS) is 31.7. The van der Waals surface area contributed by atoms with Gasteiger partial charge in [0.2, 0.25) is 0 Å². The van der Waals surface area contributed by atoms with E-state index in [0.29, 0.717) is 18.4 Å². The van der Waals surface area contributed by atoms with Crippen LogP contribution >= 0.6 is 0 Å². The zero-order chi connectivity index (χ0) is 13.3. The Morgan fingerprint density at radius 1 is 1.33 bits per heavy atom. The lowest BCUT2D eigenvalue weighted by Crippen LogP contribution is -2.31. The zero-order valence-corrected chi connectivity index (χ0v) is 11.8. The number of esters is 1. The molecule has 2 aliphatic carbocycles. The summed E-state index contributed by atoms with van der Waals surface area (Å²) in [6.45, 7) is 8.37. The van der Waals surface area contributed by atoms with Crippen molar-refractivity contribution in [3.8, 4) is 0 Å². The van der Waals surface area contributed by atoms with Crippen molar-refractivity contribution in [3.63, 3.8) is 0 Å². The van der Waals surface area contributed by atoms with Crippen molar-refractivity contribution >= 4 is 5.97 Å². The van der Waals surface area contributed by atoms with E-state index in [-0.39, 0.29) is 23.6 Å². The van der Waals surface area contributed by atoms with E-state index in [1.165, 1.54) is 0 Å². The van der Waals surface area contributed by atoms with Gasteiger partial charge in [0.25, 0.3) is 0 Å². The lowest BCUT2D eigenvalue weighted by molar-refractivity contribution is -0.159. The molecule has 0 heterocycles. The Hall–Kier alpha value is -0.830. The molecule has 0 aromatic heterocycles. The zero-order valence-electron chi connectivity index (χ0n) is 11.8. The Kier molecular flexibility index (Phi) is 3.81. The molecule has 1 fully saturated rings. The Morgan fingerprint density at radius 3 is 2.56 bits per heavy atom. The number of allylic oxidation sites excluding steroid dienone is 2. The van der Waals surface area contributed by atoms with Crippen molar-refractivity contribution in [2.45, 2.75) is 52.2 Å². The van der Waals surface area contributed by atoms with Gasteiger partial charge in [0.15, 0.2) is 0 Å². The van der Waals surface area contributed by atoms with Gasteiger partial charge in [-0.15, -0.1) is 0 Å². The number of carbonyl (C=O) groups is 1. The molecule has 4 atom stereocenters. The fourth-order valence-electron chi connectivity index (χ4n) is 2.74. The molecule has 0 spiro atoms. The molecule has 102 valence electrons. The van der Waals surface area contributed by atoms with Crippen LogP contribution in [-0.4, -0.2) is 24.3 Å². The van der Waals surface area contributed by atoms with Crippen molar-refractivity contribution in [2.75, 3.05) is 6.61 Å².